The molecule has 1 aromatic heterocycles. The molecule has 1 heterocycles. The summed E-state index contributed by atoms with van der Waals surface area (Å²) in [5.41, 5.74) is 8.45. The Morgan fingerprint density at radius 3 is 2.71 bits per heavy atom. The van der Waals surface area contributed by atoms with E-state index in [1.54, 1.807) is 6.20 Å². The summed E-state index contributed by atoms with van der Waals surface area (Å²) in [7, 11) is 5.99. The maximum Gasteiger partial charge on any atom is 0.129 e. The molecule has 0 spiro atoms. The summed E-state index contributed by atoms with van der Waals surface area (Å²) in [5.74, 6) is 0.876. The van der Waals surface area contributed by atoms with E-state index in [1.807, 2.05) is 44.0 Å². The van der Waals surface area contributed by atoms with E-state index >= 15 is 0 Å². The third-order valence-electron chi connectivity index (χ3n) is 2.88. The Labute approximate surface area is 102 Å². The molecule has 2 N–H and O–H groups in total. The van der Waals surface area contributed by atoms with Gasteiger partial charge in [0.15, 0.2) is 0 Å². The van der Waals surface area contributed by atoms with Gasteiger partial charge in [0, 0.05) is 39.2 Å². The summed E-state index contributed by atoms with van der Waals surface area (Å²) in [6, 6.07) is 8.03. The predicted octanol–water partition coefficient (Wildman–Crippen LogP) is 1.53. The van der Waals surface area contributed by atoms with Crippen molar-refractivity contribution in [1.82, 2.24) is 9.55 Å². The summed E-state index contributed by atoms with van der Waals surface area (Å²) in [6.45, 7) is 0. The Balaban J connectivity index is 2.34. The first-order valence-corrected chi connectivity index (χ1v) is 5.59. The van der Waals surface area contributed by atoms with Gasteiger partial charge in [0.05, 0.1) is 6.04 Å². The first-order chi connectivity index (χ1) is 8.09. The van der Waals surface area contributed by atoms with Crippen LogP contribution in [0.1, 0.15) is 17.4 Å². The molecular formula is C13H18N4. The molecule has 1 atom stereocenters. The van der Waals surface area contributed by atoms with Crippen molar-refractivity contribution < 1.29 is 0 Å². The van der Waals surface area contributed by atoms with E-state index in [2.05, 4.69) is 22.0 Å². The largest absolute Gasteiger partial charge is 0.378 e. The normalized spacial score (nSPS) is 12.5. The maximum atomic E-state index is 6.23. The standard InChI is InChI=1S/C13H18N4/c1-16(2)11-6-4-5-10(9-11)12(14)13-15-7-8-17(13)3/h4-9,12H,14H2,1-3H3. The number of aromatic nitrogens is 2. The number of nitrogens with two attached hydrogens (primary N) is 1. The molecule has 0 aliphatic rings. The molecule has 4 heteroatoms. The molecule has 2 aromatic rings. The molecule has 0 saturated heterocycles. The van der Waals surface area contributed by atoms with Crippen molar-refractivity contribution in [3.05, 3.63) is 48.0 Å². The van der Waals surface area contributed by atoms with Crippen molar-refractivity contribution in [3.8, 4) is 0 Å². The first-order valence-electron chi connectivity index (χ1n) is 5.59. The minimum Gasteiger partial charge on any atom is -0.378 e. The second kappa shape index (κ2) is 4.59. The van der Waals surface area contributed by atoms with Gasteiger partial charge < -0.3 is 15.2 Å². The lowest BCUT2D eigenvalue weighted by Gasteiger charge is -2.17. The number of imidazole rings is 1. The second-order valence-corrected chi connectivity index (χ2v) is 4.36. The Kier molecular flexibility index (Phi) is 3.15. The smallest absolute Gasteiger partial charge is 0.129 e. The average Bonchev–Trinajstić information content (AvgIpc) is 2.74. The molecule has 1 unspecified atom stereocenters. The lowest BCUT2D eigenvalue weighted by Crippen LogP contribution is -2.17. The first kappa shape index (κ1) is 11.7. The molecule has 0 aliphatic carbocycles. The van der Waals surface area contributed by atoms with E-state index < -0.39 is 0 Å². The molecule has 0 fully saturated rings. The van der Waals surface area contributed by atoms with Crippen LogP contribution in [0, 0.1) is 0 Å². The number of nitrogens with zero attached hydrogens (tertiary/aromatic N) is 3. The maximum absolute atomic E-state index is 6.23. The Hall–Kier alpha value is -1.81. The second-order valence-electron chi connectivity index (χ2n) is 4.36. The van der Waals surface area contributed by atoms with Gasteiger partial charge in [-0.05, 0) is 17.7 Å². The third kappa shape index (κ3) is 2.31. The van der Waals surface area contributed by atoms with Gasteiger partial charge in [-0.15, -0.1) is 0 Å². The molecular weight excluding hydrogens is 212 g/mol. The number of aryl methyl sites for hydroxylation is 1. The van der Waals surface area contributed by atoms with Gasteiger partial charge in [-0.25, -0.2) is 4.98 Å². The van der Waals surface area contributed by atoms with E-state index in [0.717, 1.165) is 17.1 Å². The Bertz CT molecular complexity index is 502. The zero-order chi connectivity index (χ0) is 12.4. The van der Waals surface area contributed by atoms with Crippen molar-refractivity contribution in [2.75, 3.05) is 19.0 Å². The highest BCUT2D eigenvalue weighted by atomic mass is 15.1. The van der Waals surface area contributed by atoms with Gasteiger partial charge in [0.25, 0.3) is 0 Å². The minimum absolute atomic E-state index is 0.185. The molecule has 17 heavy (non-hydrogen) atoms. The summed E-state index contributed by atoms with van der Waals surface area (Å²) >= 11 is 0. The molecule has 1 aromatic carbocycles. The molecule has 0 aliphatic heterocycles. The molecule has 2 rings (SSSR count). The summed E-state index contributed by atoms with van der Waals surface area (Å²) in [4.78, 5) is 6.36. The zero-order valence-corrected chi connectivity index (χ0v) is 10.5. The van der Waals surface area contributed by atoms with Crippen LogP contribution in [0.4, 0.5) is 5.69 Å². The van der Waals surface area contributed by atoms with Crippen LogP contribution in [0.15, 0.2) is 36.7 Å². The quantitative estimate of drug-likeness (QED) is 0.870. The van der Waals surface area contributed by atoms with Crippen molar-refractivity contribution >= 4 is 5.69 Å². The molecule has 0 amide bonds. The molecule has 4 nitrogen and oxygen atoms in total. The SMILES string of the molecule is CN(C)c1cccc(C(N)c2nccn2C)c1. The van der Waals surface area contributed by atoms with Crippen molar-refractivity contribution in [3.63, 3.8) is 0 Å². The molecule has 0 bridgehead atoms. The summed E-state index contributed by atoms with van der Waals surface area (Å²) in [5, 5.41) is 0. The molecule has 0 saturated carbocycles. The Morgan fingerprint density at radius 1 is 1.35 bits per heavy atom. The fourth-order valence-electron chi connectivity index (χ4n) is 1.82. The number of rotatable bonds is 3. The van der Waals surface area contributed by atoms with Gasteiger partial charge in [-0.1, -0.05) is 12.1 Å². The molecule has 0 radical (unpaired) electrons. The van der Waals surface area contributed by atoms with Crippen molar-refractivity contribution in [2.24, 2.45) is 12.8 Å². The fourth-order valence-corrected chi connectivity index (χ4v) is 1.82. The zero-order valence-electron chi connectivity index (χ0n) is 10.5. The van der Waals surface area contributed by atoms with Crippen LogP contribution in [-0.2, 0) is 7.05 Å². The lowest BCUT2D eigenvalue weighted by atomic mass is 10.1. The van der Waals surface area contributed by atoms with E-state index in [4.69, 9.17) is 5.73 Å². The fraction of sp³-hybridized carbons (Fsp3) is 0.308. The van der Waals surface area contributed by atoms with Crippen LogP contribution in [0.5, 0.6) is 0 Å². The van der Waals surface area contributed by atoms with E-state index in [9.17, 15) is 0 Å². The van der Waals surface area contributed by atoms with Gasteiger partial charge >= 0.3 is 0 Å². The highest BCUT2D eigenvalue weighted by Gasteiger charge is 2.13. The number of hydrogen-bond acceptors (Lipinski definition) is 3. The van der Waals surface area contributed by atoms with E-state index in [1.165, 1.54) is 0 Å². The highest BCUT2D eigenvalue weighted by molar-refractivity contribution is 5.48. The van der Waals surface area contributed by atoms with Crippen LogP contribution in [0.25, 0.3) is 0 Å². The van der Waals surface area contributed by atoms with Crippen LogP contribution in [0.3, 0.4) is 0 Å². The van der Waals surface area contributed by atoms with Crippen molar-refractivity contribution in [1.29, 1.82) is 0 Å². The topological polar surface area (TPSA) is 47.1 Å². The highest BCUT2D eigenvalue weighted by Crippen LogP contribution is 2.21. The van der Waals surface area contributed by atoms with E-state index in [0.29, 0.717) is 0 Å². The summed E-state index contributed by atoms with van der Waals surface area (Å²) in [6.07, 6.45) is 3.68. The van der Waals surface area contributed by atoms with Crippen LogP contribution < -0.4 is 10.6 Å². The van der Waals surface area contributed by atoms with Crippen LogP contribution in [0.2, 0.25) is 0 Å². The van der Waals surface area contributed by atoms with Gasteiger partial charge in [-0.3, -0.25) is 0 Å². The number of anilines is 1. The minimum atomic E-state index is -0.185. The van der Waals surface area contributed by atoms with E-state index in [-0.39, 0.29) is 6.04 Å². The number of benzene rings is 1. The van der Waals surface area contributed by atoms with Crippen LogP contribution in [-0.4, -0.2) is 23.6 Å². The average molecular weight is 230 g/mol. The predicted molar refractivity (Wildman–Crippen MR) is 70.0 cm³/mol. The lowest BCUT2D eigenvalue weighted by molar-refractivity contribution is 0.717. The van der Waals surface area contributed by atoms with Gasteiger partial charge in [0.1, 0.15) is 5.82 Å². The third-order valence-corrected chi connectivity index (χ3v) is 2.88. The van der Waals surface area contributed by atoms with Gasteiger partial charge in [-0.2, -0.15) is 0 Å². The van der Waals surface area contributed by atoms with Crippen molar-refractivity contribution in [2.45, 2.75) is 6.04 Å². The Morgan fingerprint density at radius 2 is 2.12 bits per heavy atom. The summed E-state index contributed by atoms with van der Waals surface area (Å²) < 4.78 is 1.95. The van der Waals surface area contributed by atoms with Crippen LogP contribution >= 0.6 is 0 Å². The number of hydrogen-bond donors (Lipinski definition) is 1. The van der Waals surface area contributed by atoms with Gasteiger partial charge in [0.2, 0.25) is 0 Å². The molecule has 90 valence electrons. The monoisotopic (exact) mass is 230 g/mol.